The Morgan fingerprint density at radius 2 is 1.94 bits per heavy atom. The maximum Gasteiger partial charge on any atom is 0.152 e. The molecule has 0 bridgehead atoms. The fraction of sp³-hybridized carbons (Fsp3) is 0.818. The van der Waals surface area contributed by atoms with Gasteiger partial charge in [-0.2, -0.15) is 0 Å². The van der Waals surface area contributed by atoms with Gasteiger partial charge in [0.05, 0.1) is 11.5 Å². The number of hydrogen-bond donors (Lipinski definition) is 1. The maximum absolute atomic E-state index is 11.2. The first-order valence-corrected chi connectivity index (χ1v) is 7.54. The molecule has 1 N–H and O–H groups in total. The molecule has 5 heteroatoms. The zero-order valence-electron chi connectivity index (χ0n) is 10.2. The molecule has 1 heterocycles. The molecule has 94 valence electrons. The zero-order chi connectivity index (χ0) is 12.2. The third-order valence-electron chi connectivity index (χ3n) is 2.64. The molecular formula is C11H22N2O2S. The van der Waals surface area contributed by atoms with E-state index in [1.807, 2.05) is 0 Å². The Kier molecular flexibility index (Phi) is 4.95. The van der Waals surface area contributed by atoms with E-state index in [-0.39, 0.29) is 11.5 Å². The Bertz CT molecular complexity index is 322. The van der Waals surface area contributed by atoms with E-state index in [9.17, 15) is 8.42 Å². The fourth-order valence-corrected chi connectivity index (χ4v) is 2.91. The lowest BCUT2D eigenvalue weighted by Gasteiger charge is -2.27. The molecule has 0 radical (unpaired) electrons. The molecule has 1 saturated heterocycles. The van der Waals surface area contributed by atoms with E-state index in [1.165, 1.54) is 0 Å². The van der Waals surface area contributed by atoms with Crippen LogP contribution in [0.2, 0.25) is 0 Å². The minimum absolute atomic E-state index is 0.290. The van der Waals surface area contributed by atoms with Crippen LogP contribution in [0.3, 0.4) is 0 Å². The van der Waals surface area contributed by atoms with Crippen molar-refractivity contribution in [1.29, 1.82) is 0 Å². The summed E-state index contributed by atoms with van der Waals surface area (Å²) in [6.07, 6.45) is 0. The Labute approximate surface area is 98.6 Å². The lowest BCUT2D eigenvalue weighted by Crippen LogP contribution is -2.42. The molecule has 0 aliphatic carbocycles. The summed E-state index contributed by atoms with van der Waals surface area (Å²) in [5.41, 5.74) is 1.12. The zero-order valence-corrected chi connectivity index (χ0v) is 11.0. The Hall–Kier alpha value is -0.390. The summed E-state index contributed by atoms with van der Waals surface area (Å²) in [5, 5.41) is 3.31. The molecular weight excluding hydrogens is 224 g/mol. The molecule has 1 rings (SSSR count). The molecule has 0 aromatic rings. The molecule has 4 nitrogen and oxygen atoms in total. The normalized spacial score (nSPS) is 21.2. The average molecular weight is 246 g/mol. The van der Waals surface area contributed by atoms with Gasteiger partial charge in [-0.1, -0.05) is 20.4 Å². The lowest BCUT2D eigenvalue weighted by atomic mass is 10.2. The Morgan fingerprint density at radius 1 is 1.38 bits per heavy atom. The predicted octanol–water partition coefficient (Wildman–Crippen LogP) is 0.271. The van der Waals surface area contributed by atoms with Gasteiger partial charge in [-0.15, -0.1) is 0 Å². The van der Waals surface area contributed by atoms with Crippen molar-refractivity contribution in [3.8, 4) is 0 Å². The third-order valence-corrected chi connectivity index (χ3v) is 4.25. The lowest BCUT2D eigenvalue weighted by molar-refractivity contribution is 0.317. The molecule has 0 spiro atoms. The molecule has 1 fully saturated rings. The maximum atomic E-state index is 11.2. The molecule has 0 aromatic carbocycles. The van der Waals surface area contributed by atoms with Crippen molar-refractivity contribution in [2.24, 2.45) is 0 Å². The molecule has 0 amide bonds. The van der Waals surface area contributed by atoms with Crippen molar-refractivity contribution in [3.63, 3.8) is 0 Å². The standard InChI is InChI=1S/C11H22N2O2S/c1-10(2)12-8-11(3)9-13-4-6-16(14,15)7-5-13/h10,12H,3-9H2,1-2H3. The van der Waals surface area contributed by atoms with E-state index in [0.29, 0.717) is 19.1 Å². The molecule has 0 atom stereocenters. The van der Waals surface area contributed by atoms with Crippen molar-refractivity contribution in [1.82, 2.24) is 10.2 Å². The number of hydrogen-bond acceptors (Lipinski definition) is 4. The van der Waals surface area contributed by atoms with Gasteiger partial charge < -0.3 is 5.32 Å². The van der Waals surface area contributed by atoms with Gasteiger partial charge in [0.15, 0.2) is 9.84 Å². The Balaban J connectivity index is 2.26. The molecule has 1 aliphatic heterocycles. The first-order chi connectivity index (χ1) is 7.39. The van der Waals surface area contributed by atoms with E-state index in [0.717, 1.165) is 18.7 Å². The Morgan fingerprint density at radius 3 is 2.44 bits per heavy atom. The summed E-state index contributed by atoms with van der Waals surface area (Å²) < 4.78 is 22.5. The quantitative estimate of drug-likeness (QED) is 0.708. The summed E-state index contributed by atoms with van der Waals surface area (Å²) in [7, 11) is -2.76. The van der Waals surface area contributed by atoms with Crippen LogP contribution in [0.4, 0.5) is 0 Å². The van der Waals surface area contributed by atoms with Crippen LogP contribution in [-0.4, -0.2) is 57.0 Å². The largest absolute Gasteiger partial charge is 0.311 e. The van der Waals surface area contributed by atoms with Crippen molar-refractivity contribution >= 4 is 9.84 Å². The topological polar surface area (TPSA) is 49.4 Å². The highest BCUT2D eigenvalue weighted by Crippen LogP contribution is 2.05. The van der Waals surface area contributed by atoms with Gasteiger partial charge in [0.2, 0.25) is 0 Å². The molecule has 0 saturated carbocycles. The van der Waals surface area contributed by atoms with E-state index in [2.05, 4.69) is 30.6 Å². The molecule has 0 aromatic heterocycles. The number of nitrogens with one attached hydrogen (secondary N) is 1. The van der Waals surface area contributed by atoms with Crippen LogP contribution in [0.25, 0.3) is 0 Å². The fourth-order valence-electron chi connectivity index (χ4n) is 1.63. The monoisotopic (exact) mass is 246 g/mol. The molecule has 0 unspecified atom stereocenters. The number of rotatable bonds is 5. The van der Waals surface area contributed by atoms with Gasteiger partial charge in [-0.05, 0) is 5.57 Å². The highest BCUT2D eigenvalue weighted by molar-refractivity contribution is 7.91. The summed E-state index contributed by atoms with van der Waals surface area (Å²) >= 11 is 0. The van der Waals surface area contributed by atoms with Crippen LogP contribution in [-0.2, 0) is 9.84 Å². The SMILES string of the molecule is C=C(CNC(C)C)CN1CCS(=O)(=O)CC1. The van der Waals surface area contributed by atoms with Crippen LogP contribution in [0.15, 0.2) is 12.2 Å². The van der Waals surface area contributed by atoms with Gasteiger partial charge in [0.25, 0.3) is 0 Å². The minimum Gasteiger partial charge on any atom is -0.311 e. The molecule has 1 aliphatic rings. The molecule has 16 heavy (non-hydrogen) atoms. The smallest absolute Gasteiger partial charge is 0.152 e. The van der Waals surface area contributed by atoms with Crippen LogP contribution < -0.4 is 5.32 Å². The predicted molar refractivity (Wildman–Crippen MR) is 67.4 cm³/mol. The minimum atomic E-state index is -2.76. The number of nitrogens with zero attached hydrogens (tertiary/aromatic N) is 1. The first-order valence-electron chi connectivity index (χ1n) is 5.72. The second-order valence-corrected chi connectivity index (χ2v) is 7.02. The van der Waals surface area contributed by atoms with Crippen LogP contribution in [0.5, 0.6) is 0 Å². The second-order valence-electron chi connectivity index (χ2n) is 4.71. The van der Waals surface area contributed by atoms with Crippen molar-refractivity contribution in [3.05, 3.63) is 12.2 Å². The highest BCUT2D eigenvalue weighted by Gasteiger charge is 2.21. The summed E-state index contributed by atoms with van der Waals surface area (Å²) in [6.45, 7) is 11.1. The summed E-state index contributed by atoms with van der Waals surface area (Å²) in [4.78, 5) is 2.16. The van der Waals surface area contributed by atoms with Gasteiger partial charge >= 0.3 is 0 Å². The van der Waals surface area contributed by atoms with Crippen LogP contribution in [0.1, 0.15) is 13.8 Å². The van der Waals surface area contributed by atoms with Crippen molar-refractivity contribution in [2.75, 3.05) is 37.7 Å². The average Bonchev–Trinajstić information content (AvgIpc) is 2.18. The van der Waals surface area contributed by atoms with Crippen molar-refractivity contribution < 1.29 is 8.42 Å². The van der Waals surface area contributed by atoms with E-state index in [1.54, 1.807) is 0 Å². The number of sulfone groups is 1. The second kappa shape index (κ2) is 5.80. The van der Waals surface area contributed by atoms with E-state index in [4.69, 9.17) is 0 Å². The van der Waals surface area contributed by atoms with Gasteiger partial charge in [-0.3, -0.25) is 4.90 Å². The van der Waals surface area contributed by atoms with Gasteiger partial charge in [0.1, 0.15) is 0 Å². The van der Waals surface area contributed by atoms with Crippen molar-refractivity contribution in [2.45, 2.75) is 19.9 Å². The van der Waals surface area contributed by atoms with E-state index >= 15 is 0 Å². The first kappa shape index (κ1) is 13.7. The third kappa shape index (κ3) is 5.09. The van der Waals surface area contributed by atoms with Crippen LogP contribution in [0, 0.1) is 0 Å². The van der Waals surface area contributed by atoms with Gasteiger partial charge in [0, 0.05) is 32.2 Å². The summed E-state index contributed by atoms with van der Waals surface area (Å²) in [6, 6.07) is 0.457. The summed E-state index contributed by atoms with van der Waals surface area (Å²) in [5.74, 6) is 0.579. The van der Waals surface area contributed by atoms with E-state index < -0.39 is 9.84 Å². The van der Waals surface area contributed by atoms with Crippen LogP contribution >= 0.6 is 0 Å². The van der Waals surface area contributed by atoms with Gasteiger partial charge in [-0.25, -0.2) is 8.42 Å². The highest BCUT2D eigenvalue weighted by atomic mass is 32.2.